The Morgan fingerprint density at radius 1 is 1.19 bits per heavy atom. The molecule has 1 aliphatic carbocycles. The summed E-state index contributed by atoms with van der Waals surface area (Å²) in [5.41, 5.74) is -0.144. The highest BCUT2D eigenvalue weighted by molar-refractivity contribution is 5.87. The van der Waals surface area contributed by atoms with Crippen LogP contribution in [0.25, 0.3) is 0 Å². The quantitative estimate of drug-likeness (QED) is 0.433. The molecule has 0 amide bonds. The second-order valence-electron chi connectivity index (χ2n) is 6.19. The van der Waals surface area contributed by atoms with E-state index in [1.807, 2.05) is 30.3 Å². The van der Waals surface area contributed by atoms with Crippen molar-refractivity contribution in [2.45, 2.75) is 63.1 Å². The molecule has 2 aliphatic rings. The van der Waals surface area contributed by atoms with E-state index in [4.69, 9.17) is 9.47 Å². The number of hydrogen-bond acceptors (Lipinski definition) is 3. The smallest absolute Gasteiger partial charge is 0.346 e. The van der Waals surface area contributed by atoms with Gasteiger partial charge in [0.25, 0.3) is 0 Å². The molecule has 1 aromatic carbocycles. The van der Waals surface area contributed by atoms with Gasteiger partial charge in [-0.25, -0.2) is 4.79 Å². The van der Waals surface area contributed by atoms with Crippen LogP contribution in [-0.4, -0.2) is 18.2 Å². The van der Waals surface area contributed by atoms with E-state index in [0.717, 1.165) is 37.7 Å². The minimum Gasteiger partial charge on any atom is -0.463 e. The number of benzene rings is 1. The lowest BCUT2D eigenvalue weighted by atomic mass is 9.73. The van der Waals surface area contributed by atoms with Crippen molar-refractivity contribution in [3.63, 3.8) is 0 Å². The molecule has 21 heavy (non-hydrogen) atoms. The van der Waals surface area contributed by atoms with Crippen LogP contribution in [0.5, 0.6) is 0 Å². The van der Waals surface area contributed by atoms with E-state index in [-0.39, 0.29) is 11.6 Å². The topological polar surface area (TPSA) is 38.8 Å². The molecule has 1 unspecified atom stereocenters. The summed E-state index contributed by atoms with van der Waals surface area (Å²) in [5.74, 6) is -0.190. The molecule has 0 bridgehead atoms. The summed E-state index contributed by atoms with van der Waals surface area (Å²) in [6.45, 7) is 2.68. The average molecular weight is 288 g/mol. The third-order valence-electron chi connectivity index (χ3n) is 4.81. The summed E-state index contributed by atoms with van der Waals surface area (Å²) in [4.78, 5) is 12.6. The highest BCUT2D eigenvalue weighted by Gasteiger charge is 2.78. The molecular weight excluding hydrogens is 264 g/mol. The van der Waals surface area contributed by atoms with Crippen LogP contribution in [0.2, 0.25) is 0 Å². The van der Waals surface area contributed by atoms with Crippen LogP contribution in [0, 0.1) is 0 Å². The van der Waals surface area contributed by atoms with E-state index in [2.05, 4.69) is 6.92 Å². The van der Waals surface area contributed by atoms with Gasteiger partial charge < -0.3 is 9.47 Å². The molecule has 2 fully saturated rings. The van der Waals surface area contributed by atoms with Gasteiger partial charge in [-0.1, -0.05) is 56.5 Å². The molecule has 0 radical (unpaired) electrons. The van der Waals surface area contributed by atoms with Gasteiger partial charge >= 0.3 is 5.97 Å². The zero-order valence-corrected chi connectivity index (χ0v) is 12.8. The third kappa shape index (κ3) is 2.38. The molecule has 114 valence electrons. The predicted molar refractivity (Wildman–Crippen MR) is 80.9 cm³/mol. The molecule has 1 aromatic rings. The summed E-state index contributed by atoms with van der Waals surface area (Å²) < 4.78 is 11.5. The van der Waals surface area contributed by atoms with Crippen LogP contribution in [0.3, 0.4) is 0 Å². The fraction of sp³-hybridized carbons (Fsp3) is 0.611. The Labute approximate surface area is 126 Å². The zero-order chi connectivity index (χ0) is 14.8. The lowest BCUT2D eigenvalue weighted by molar-refractivity contribution is -0.150. The van der Waals surface area contributed by atoms with Crippen LogP contribution in [-0.2, 0) is 19.9 Å². The van der Waals surface area contributed by atoms with Gasteiger partial charge in [0.2, 0.25) is 5.60 Å². The first kappa shape index (κ1) is 14.6. The summed E-state index contributed by atoms with van der Waals surface area (Å²) in [7, 11) is 0. The Morgan fingerprint density at radius 3 is 2.52 bits per heavy atom. The number of rotatable bonds is 7. The zero-order valence-electron chi connectivity index (χ0n) is 12.8. The van der Waals surface area contributed by atoms with Crippen molar-refractivity contribution in [3.8, 4) is 0 Å². The van der Waals surface area contributed by atoms with Gasteiger partial charge in [-0.2, -0.15) is 0 Å². The highest BCUT2D eigenvalue weighted by Crippen LogP contribution is 2.66. The van der Waals surface area contributed by atoms with Gasteiger partial charge in [-0.05, 0) is 31.2 Å². The molecule has 1 atom stereocenters. The molecule has 1 aliphatic heterocycles. The number of ether oxygens (including phenoxy) is 2. The molecule has 1 saturated heterocycles. The van der Waals surface area contributed by atoms with Crippen molar-refractivity contribution in [1.29, 1.82) is 0 Å². The first-order valence-electron chi connectivity index (χ1n) is 8.18. The molecule has 0 aromatic heterocycles. The molecule has 1 heterocycles. The highest BCUT2D eigenvalue weighted by atomic mass is 16.7. The second kappa shape index (κ2) is 5.80. The number of unbranched alkanes of at least 4 members (excludes halogenated alkanes) is 3. The van der Waals surface area contributed by atoms with Gasteiger partial charge in [-0.15, -0.1) is 0 Å². The second-order valence-corrected chi connectivity index (χ2v) is 6.19. The van der Waals surface area contributed by atoms with E-state index in [0.29, 0.717) is 6.61 Å². The number of carbonyl (C=O) groups excluding carboxylic acids is 1. The van der Waals surface area contributed by atoms with Gasteiger partial charge in [0, 0.05) is 0 Å². The maximum Gasteiger partial charge on any atom is 0.346 e. The van der Waals surface area contributed by atoms with Gasteiger partial charge in [-0.3, -0.25) is 0 Å². The van der Waals surface area contributed by atoms with E-state index >= 15 is 0 Å². The Kier molecular flexibility index (Phi) is 4.03. The van der Waals surface area contributed by atoms with Crippen LogP contribution in [0.15, 0.2) is 30.3 Å². The number of hydrogen-bond donors (Lipinski definition) is 0. The van der Waals surface area contributed by atoms with E-state index < -0.39 is 5.60 Å². The maximum atomic E-state index is 12.6. The van der Waals surface area contributed by atoms with E-state index in [9.17, 15) is 4.79 Å². The Morgan fingerprint density at radius 2 is 1.95 bits per heavy atom. The van der Waals surface area contributed by atoms with Crippen LogP contribution >= 0.6 is 0 Å². The van der Waals surface area contributed by atoms with Crippen LogP contribution < -0.4 is 0 Å². The molecule has 3 heteroatoms. The average Bonchev–Trinajstić information content (AvgIpc) is 3.20. The fourth-order valence-electron chi connectivity index (χ4n) is 3.36. The lowest BCUT2D eigenvalue weighted by Crippen LogP contribution is -2.38. The summed E-state index contributed by atoms with van der Waals surface area (Å²) in [5, 5.41) is 0. The monoisotopic (exact) mass is 288 g/mol. The molecule has 0 N–H and O–H groups in total. The van der Waals surface area contributed by atoms with Crippen molar-refractivity contribution in [1.82, 2.24) is 0 Å². The van der Waals surface area contributed by atoms with Gasteiger partial charge in [0.1, 0.15) is 5.60 Å². The lowest BCUT2D eigenvalue weighted by Gasteiger charge is -2.26. The first-order chi connectivity index (χ1) is 10.3. The predicted octanol–water partition coefficient (Wildman–Crippen LogP) is 3.96. The minimum atomic E-state index is -0.822. The fourth-order valence-corrected chi connectivity index (χ4v) is 3.36. The van der Waals surface area contributed by atoms with Crippen molar-refractivity contribution in [2.24, 2.45) is 0 Å². The first-order valence-corrected chi connectivity index (χ1v) is 8.18. The van der Waals surface area contributed by atoms with Crippen molar-refractivity contribution >= 4 is 5.97 Å². The molecule has 1 spiro atoms. The maximum absolute atomic E-state index is 12.6. The number of carbonyl (C=O) groups is 1. The van der Waals surface area contributed by atoms with Crippen molar-refractivity contribution < 1.29 is 14.3 Å². The van der Waals surface area contributed by atoms with Crippen molar-refractivity contribution in [3.05, 3.63) is 35.9 Å². The van der Waals surface area contributed by atoms with Crippen LogP contribution in [0.4, 0.5) is 0 Å². The molecule has 1 saturated carbocycles. The third-order valence-corrected chi connectivity index (χ3v) is 4.81. The summed E-state index contributed by atoms with van der Waals surface area (Å²) >= 11 is 0. The Hall–Kier alpha value is -1.35. The normalized spacial score (nSPS) is 25.4. The van der Waals surface area contributed by atoms with E-state index in [1.54, 1.807) is 0 Å². The molecular formula is C18H24O3. The number of epoxide rings is 1. The SMILES string of the molecule is CCCCCCOC(=O)C1(c2ccccc2)OC12CCC2. The number of esters is 1. The molecule has 3 rings (SSSR count). The molecule has 3 nitrogen and oxygen atoms in total. The summed E-state index contributed by atoms with van der Waals surface area (Å²) in [6.07, 6.45) is 7.51. The van der Waals surface area contributed by atoms with Crippen molar-refractivity contribution in [2.75, 3.05) is 6.61 Å². The summed E-state index contributed by atoms with van der Waals surface area (Å²) in [6, 6.07) is 9.83. The Bertz CT molecular complexity index is 492. The Balaban J connectivity index is 1.66. The van der Waals surface area contributed by atoms with E-state index in [1.165, 1.54) is 12.8 Å². The van der Waals surface area contributed by atoms with Crippen LogP contribution in [0.1, 0.15) is 57.4 Å². The largest absolute Gasteiger partial charge is 0.463 e. The van der Waals surface area contributed by atoms with Gasteiger partial charge in [0.15, 0.2) is 0 Å². The minimum absolute atomic E-state index is 0.190. The van der Waals surface area contributed by atoms with Gasteiger partial charge in [0.05, 0.1) is 6.61 Å². The standard InChI is InChI=1S/C18H24O3/c1-2-3-4-8-14-20-16(19)18(15-10-6-5-7-11-15)17(21-18)12-9-13-17/h5-7,10-11H,2-4,8-9,12-14H2,1H3.